The lowest BCUT2D eigenvalue weighted by Gasteiger charge is -2.12. The standard InChI is InChI=1S/C11H13BrOS/c12-11-7-14-6-10(11)8-3-1-2-4-9(13)5-8/h6-8H,1-5H2. The summed E-state index contributed by atoms with van der Waals surface area (Å²) in [7, 11) is 0. The fraction of sp³-hybridized carbons (Fsp3) is 0.545. The average Bonchev–Trinajstić information content (AvgIpc) is 2.45. The van der Waals surface area contributed by atoms with E-state index in [1.807, 2.05) is 0 Å². The number of hydrogen-bond donors (Lipinski definition) is 0. The molecule has 0 amide bonds. The van der Waals surface area contributed by atoms with Gasteiger partial charge in [-0.05, 0) is 45.6 Å². The summed E-state index contributed by atoms with van der Waals surface area (Å²) in [6.07, 6.45) is 4.98. The van der Waals surface area contributed by atoms with Crippen molar-refractivity contribution < 1.29 is 4.79 Å². The van der Waals surface area contributed by atoms with Gasteiger partial charge in [0.25, 0.3) is 0 Å². The third-order valence-electron chi connectivity index (χ3n) is 2.81. The Morgan fingerprint density at radius 3 is 2.93 bits per heavy atom. The van der Waals surface area contributed by atoms with Crippen LogP contribution in [0.2, 0.25) is 0 Å². The lowest BCUT2D eigenvalue weighted by Crippen LogP contribution is -2.02. The lowest BCUT2D eigenvalue weighted by molar-refractivity contribution is -0.119. The molecule has 1 aliphatic carbocycles. The molecular formula is C11H13BrOS. The van der Waals surface area contributed by atoms with Crippen molar-refractivity contribution in [1.82, 2.24) is 0 Å². The number of carbonyl (C=O) groups is 1. The zero-order chi connectivity index (χ0) is 9.97. The molecule has 0 N–H and O–H groups in total. The minimum absolute atomic E-state index is 0.436. The third kappa shape index (κ3) is 2.26. The van der Waals surface area contributed by atoms with Crippen molar-refractivity contribution >= 4 is 33.0 Å². The van der Waals surface area contributed by atoms with E-state index in [0.717, 1.165) is 19.3 Å². The highest BCUT2D eigenvalue weighted by molar-refractivity contribution is 9.10. The predicted octanol–water partition coefficient (Wildman–Crippen LogP) is 4.13. The van der Waals surface area contributed by atoms with Crippen LogP contribution < -0.4 is 0 Å². The molecule has 0 spiro atoms. The van der Waals surface area contributed by atoms with Crippen molar-refractivity contribution in [1.29, 1.82) is 0 Å². The lowest BCUT2D eigenvalue weighted by atomic mass is 9.94. The predicted molar refractivity (Wildman–Crippen MR) is 62.9 cm³/mol. The maximum absolute atomic E-state index is 11.5. The second-order valence-corrected chi connectivity index (χ2v) is 5.46. The van der Waals surface area contributed by atoms with E-state index in [1.54, 1.807) is 11.3 Å². The minimum atomic E-state index is 0.436. The number of Topliss-reactive ketones (excluding diaryl/α,β-unsaturated/α-hetero) is 1. The Bertz CT molecular complexity index is 332. The van der Waals surface area contributed by atoms with Gasteiger partial charge in [-0.1, -0.05) is 6.42 Å². The van der Waals surface area contributed by atoms with E-state index in [0.29, 0.717) is 11.7 Å². The van der Waals surface area contributed by atoms with E-state index < -0.39 is 0 Å². The molecule has 1 unspecified atom stereocenters. The molecule has 0 aromatic carbocycles. The highest BCUT2D eigenvalue weighted by atomic mass is 79.9. The Labute approximate surface area is 96.6 Å². The number of rotatable bonds is 1. The first kappa shape index (κ1) is 10.4. The summed E-state index contributed by atoms with van der Waals surface area (Å²) in [5.41, 5.74) is 1.34. The number of carbonyl (C=O) groups excluding carboxylic acids is 1. The van der Waals surface area contributed by atoms with Crippen LogP contribution in [0.15, 0.2) is 15.2 Å². The molecule has 1 atom stereocenters. The van der Waals surface area contributed by atoms with Gasteiger partial charge in [0.2, 0.25) is 0 Å². The van der Waals surface area contributed by atoms with Gasteiger partial charge in [-0.25, -0.2) is 0 Å². The van der Waals surface area contributed by atoms with E-state index in [9.17, 15) is 4.79 Å². The van der Waals surface area contributed by atoms with Gasteiger partial charge >= 0.3 is 0 Å². The third-order valence-corrected chi connectivity index (χ3v) is 4.57. The highest BCUT2D eigenvalue weighted by Gasteiger charge is 2.21. The Morgan fingerprint density at radius 2 is 2.21 bits per heavy atom. The SMILES string of the molecule is O=C1CCCCC(c2cscc2Br)C1. The molecule has 1 aromatic heterocycles. The van der Waals surface area contributed by atoms with Crippen molar-refractivity contribution in [3.8, 4) is 0 Å². The zero-order valence-corrected chi connectivity index (χ0v) is 10.4. The molecule has 2 rings (SSSR count). The van der Waals surface area contributed by atoms with Gasteiger partial charge in [0.05, 0.1) is 0 Å². The summed E-state index contributed by atoms with van der Waals surface area (Å²) >= 11 is 5.26. The fourth-order valence-corrected chi connectivity index (χ4v) is 3.74. The zero-order valence-electron chi connectivity index (χ0n) is 7.96. The van der Waals surface area contributed by atoms with Crippen LogP contribution in [0.1, 0.15) is 43.6 Å². The van der Waals surface area contributed by atoms with Crippen molar-refractivity contribution in [3.05, 3.63) is 20.8 Å². The molecule has 0 bridgehead atoms. The molecule has 0 radical (unpaired) electrons. The van der Waals surface area contributed by atoms with Gasteiger partial charge in [-0.2, -0.15) is 11.3 Å². The molecule has 1 aliphatic rings. The largest absolute Gasteiger partial charge is 0.300 e. The molecular weight excluding hydrogens is 260 g/mol. The maximum atomic E-state index is 11.5. The van der Waals surface area contributed by atoms with Gasteiger partial charge in [0.1, 0.15) is 5.78 Å². The van der Waals surface area contributed by atoms with Crippen LogP contribution in [0.5, 0.6) is 0 Å². The molecule has 1 heterocycles. The van der Waals surface area contributed by atoms with Crippen LogP contribution in [0.3, 0.4) is 0 Å². The van der Waals surface area contributed by atoms with Crippen LogP contribution >= 0.6 is 27.3 Å². The Kier molecular flexibility index (Phi) is 3.39. The molecule has 1 aromatic rings. The van der Waals surface area contributed by atoms with Gasteiger partial charge in [0, 0.05) is 22.7 Å². The topological polar surface area (TPSA) is 17.1 Å². The molecule has 3 heteroatoms. The van der Waals surface area contributed by atoms with Gasteiger partial charge in [0.15, 0.2) is 0 Å². The summed E-state index contributed by atoms with van der Waals surface area (Å²) < 4.78 is 1.18. The van der Waals surface area contributed by atoms with Crippen molar-refractivity contribution in [2.75, 3.05) is 0 Å². The van der Waals surface area contributed by atoms with Crippen LogP contribution in [0.4, 0.5) is 0 Å². The summed E-state index contributed by atoms with van der Waals surface area (Å²) in [6, 6.07) is 0. The monoisotopic (exact) mass is 272 g/mol. The first-order valence-corrected chi connectivity index (χ1v) is 6.74. The van der Waals surface area contributed by atoms with Gasteiger partial charge < -0.3 is 0 Å². The number of thiophene rings is 1. The number of halogens is 1. The fourth-order valence-electron chi connectivity index (χ4n) is 2.04. The second-order valence-electron chi connectivity index (χ2n) is 3.86. The van der Waals surface area contributed by atoms with Crippen LogP contribution in [0, 0.1) is 0 Å². The average molecular weight is 273 g/mol. The van der Waals surface area contributed by atoms with Gasteiger partial charge in [-0.3, -0.25) is 4.79 Å². The summed E-state index contributed by atoms with van der Waals surface area (Å²) in [5, 5.41) is 4.28. The molecule has 1 saturated carbocycles. The quantitative estimate of drug-likeness (QED) is 0.703. The van der Waals surface area contributed by atoms with E-state index in [-0.39, 0.29) is 0 Å². The van der Waals surface area contributed by atoms with Crippen LogP contribution in [0.25, 0.3) is 0 Å². The summed E-state index contributed by atoms with van der Waals surface area (Å²) in [6.45, 7) is 0. The molecule has 1 fully saturated rings. The normalized spacial score (nSPS) is 23.5. The van der Waals surface area contributed by atoms with Crippen molar-refractivity contribution in [2.24, 2.45) is 0 Å². The first-order chi connectivity index (χ1) is 6.77. The minimum Gasteiger partial charge on any atom is -0.300 e. The summed E-state index contributed by atoms with van der Waals surface area (Å²) in [4.78, 5) is 11.5. The van der Waals surface area contributed by atoms with Crippen molar-refractivity contribution in [2.45, 2.75) is 38.0 Å². The Balaban J connectivity index is 2.17. The van der Waals surface area contributed by atoms with Crippen LogP contribution in [-0.4, -0.2) is 5.78 Å². The molecule has 76 valence electrons. The number of ketones is 1. The summed E-state index contributed by atoms with van der Waals surface area (Å²) in [5.74, 6) is 0.899. The van der Waals surface area contributed by atoms with Gasteiger partial charge in [-0.15, -0.1) is 0 Å². The van der Waals surface area contributed by atoms with Crippen molar-refractivity contribution in [3.63, 3.8) is 0 Å². The molecule has 1 nitrogen and oxygen atoms in total. The van der Waals surface area contributed by atoms with E-state index in [1.165, 1.54) is 22.9 Å². The smallest absolute Gasteiger partial charge is 0.133 e. The second kappa shape index (κ2) is 4.58. The highest BCUT2D eigenvalue weighted by Crippen LogP contribution is 2.36. The van der Waals surface area contributed by atoms with E-state index >= 15 is 0 Å². The van der Waals surface area contributed by atoms with E-state index in [2.05, 4.69) is 26.7 Å². The van der Waals surface area contributed by atoms with E-state index in [4.69, 9.17) is 0 Å². The Morgan fingerprint density at radius 1 is 1.36 bits per heavy atom. The Hall–Kier alpha value is -0.150. The molecule has 0 saturated heterocycles. The molecule has 0 aliphatic heterocycles. The molecule has 14 heavy (non-hydrogen) atoms. The maximum Gasteiger partial charge on any atom is 0.133 e. The number of hydrogen-bond acceptors (Lipinski definition) is 2. The van der Waals surface area contributed by atoms with Crippen LogP contribution in [-0.2, 0) is 4.79 Å². The first-order valence-electron chi connectivity index (χ1n) is 5.00.